The van der Waals surface area contributed by atoms with Gasteiger partial charge < -0.3 is 0 Å². The molecular weight excluding hydrogens is 251 g/mol. The Morgan fingerprint density at radius 3 is 2.92 bits per heavy atom. The van der Waals surface area contributed by atoms with Crippen LogP contribution in [0.3, 0.4) is 0 Å². The molecule has 0 bridgehead atoms. The Morgan fingerprint density at radius 2 is 2.23 bits per heavy atom. The first-order valence-corrected chi connectivity index (χ1v) is 4.89. The zero-order chi connectivity index (χ0) is 9.26. The van der Waals surface area contributed by atoms with Gasteiger partial charge in [0.05, 0.1) is 10.7 Å². The molecule has 0 radical (unpaired) electrons. The maximum Gasteiger partial charge on any atom is 0.0842 e. The topological polar surface area (TPSA) is 17.8 Å². The summed E-state index contributed by atoms with van der Waals surface area (Å²) in [5, 5.41) is 4.79. The van der Waals surface area contributed by atoms with Crippen molar-refractivity contribution >= 4 is 27.5 Å². The van der Waals surface area contributed by atoms with E-state index in [9.17, 15) is 0 Å². The first-order chi connectivity index (χ1) is 6.27. The zero-order valence-electron chi connectivity index (χ0n) is 6.61. The fraction of sp³-hybridized carbons (Fsp3) is 0. The van der Waals surface area contributed by atoms with E-state index in [1.807, 2.05) is 30.5 Å². The molecule has 13 heavy (non-hydrogen) atoms. The number of halogens is 2. The van der Waals surface area contributed by atoms with Gasteiger partial charge in [-0.15, -0.1) is 0 Å². The minimum absolute atomic E-state index is 0.687. The van der Waals surface area contributed by atoms with Crippen LogP contribution in [0.2, 0.25) is 5.02 Å². The van der Waals surface area contributed by atoms with Crippen molar-refractivity contribution in [2.45, 2.75) is 0 Å². The summed E-state index contributed by atoms with van der Waals surface area (Å²) in [4.78, 5) is 0. The van der Waals surface area contributed by atoms with Crippen molar-refractivity contribution in [1.29, 1.82) is 0 Å². The van der Waals surface area contributed by atoms with Gasteiger partial charge in [-0.05, 0) is 24.3 Å². The molecule has 0 saturated carbocycles. The Bertz CT molecular complexity index is 412. The van der Waals surface area contributed by atoms with Gasteiger partial charge in [0.1, 0.15) is 0 Å². The molecule has 2 rings (SSSR count). The molecule has 0 unspecified atom stereocenters. The predicted molar refractivity (Wildman–Crippen MR) is 56.3 cm³/mol. The Labute approximate surface area is 89.3 Å². The van der Waals surface area contributed by atoms with Crippen LogP contribution in [-0.4, -0.2) is 9.78 Å². The fourth-order valence-electron chi connectivity index (χ4n) is 1.07. The third kappa shape index (κ3) is 1.76. The second-order valence-electron chi connectivity index (χ2n) is 2.55. The van der Waals surface area contributed by atoms with E-state index >= 15 is 0 Å². The number of hydrogen-bond donors (Lipinski definition) is 0. The molecule has 0 atom stereocenters. The smallest absolute Gasteiger partial charge is 0.0842 e. The summed E-state index contributed by atoms with van der Waals surface area (Å²) in [5.74, 6) is 0. The lowest BCUT2D eigenvalue weighted by molar-refractivity contribution is 0.880. The molecule has 66 valence electrons. The highest BCUT2D eigenvalue weighted by atomic mass is 79.9. The van der Waals surface area contributed by atoms with Crippen LogP contribution >= 0.6 is 27.5 Å². The summed E-state index contributed by atoms with van der Waals surface area (Å²) in [6, 6.07) is 7.52. The molecule has 1 heterocycles. The second-order valence-corrected chi connectivity index (χ2v) is 3.87. The summed E-state index contributed by atoms with van der Waals surface area (Å²) in [6.45, 7) is 0. The minimum atomic E-state index is 0.687. The van der Waals surface area contributed by atoms with Crippen LogP contribution in [0.5, 0.6) is 0 Å². The molecule has 0 saturated heterocycles. The lowest BCUT2D eigenvalue weighted by Gasteiger charge is -2.03. The summed E-state index contributed by atoms with van der Waals surface area (Å²) >= 11 is 9.39. The highest BCUT2D eigenvalue weighted by Gasteiger charge is 2.02. The average molecular weight is 258 g/mol. The van der Waals surface area contributed by atoms with Crippen molar-refractivity contribution in [2.75, 3.05) is 0 Å². The van der Waals surface area contributed by atoms with Crippen molar-refractivity contribution in [3.05, 3.63) is 46.2 Å². The number of benzene rings is 1. The number of nitrogens with zero attached hydrogens (tertiary/aromatic N) is 2. The molecule has 0 fully saturated rings. The van der Waals surface area contributed by atoms with Gasteiger partial charge in [0, 0.05) is 16.9 Å². The standard InChI is InChI=1S/C9H6BrClN2/c10-7-2-3-8(11)9(6-7)13-5-1-4-12-13/h1-6H. The quantitative estimate of drug-likeness (QED) is 0.766. The second kappa shape index (κ2) is 3.52. The predicted octanol–water partition coefficient (Wildman–Crippen LogP) is 3.29. The lowest BCUT2D eigenvalue weighted by Crippen LogP contribution is -1.94. The molecule has 2 aromatic rings. The highest BCUT2D eigenvalue weighted by molar-refractivity contribution is 9.10. The van der Waals surface area contributed by atoms with E-state index in [0.717, 1.165) is 10.2 Å². The maximum absolute atomic E-state index is 6.01. The van der Waals surface area contributed by atoms with E-state index in [1.54, 1.807) is 10.9 Å². The van der Waals surface area contributed by atoms with Gasteiger partial charge in [0.25, 0.3) is 0 Å². The highest BCUT2D eigenvalue weighted by Crippen LogP contribution is 2.23. The minimum Gasteiger partial charge on any atom is -0.239 e. The van der Waals surface area contributed by atoms with Crippen LogP contribution in [0.15, 0.2) is 41.1 Å². The molecule has 2 nitrogen and oxygen atoms in total. The summed E-state index contributed by atoms with van der Waals surface area (Å²) in [6.07, 6.45) is 3.57. The van der Waals surface area contributed by atoms with Crippen molar-refractivity contribution in [3.63, 3.8) is 0 Å². The van der Waals surface area contributed by atoms with E-state index in [-0.39, 0.29) is 0 Å². The van der Waals surface area contributed by atoms with Gasteiger partial charge in [0.15, 0.2) is 0 Å². The van der Waals surface area contributed by atoms with E-state index < -0.39 is 0 Å². The van der Waals surface area contributed by atoms with Crippen LogP contribution in [0, 0.1) is 0 Å². The van der Waals surface area contributed by atoms with Crippen LogP contribution in [-0.2, 0) is 0 Å². The summed E-state index contributed by atoms with van der Waals surface area (Å²) in [7, 11) is 0. The largest absolute Gasteiger partial charge is 0.239 e. The van der Waals surface area contributed by atoms with E-state index in [4.69, 9.17) is 11.6 Å². The summed E-state index contributed by atoms with van der Waals surface area (Å²) < 4.78 is 2.72. The van der Waals surface area contributed by atoms with Crippen molar-refractivity contribution in [3.8, 4) is 5.69 Å². The SMILES string of the molecule is Clc1ccc(Br)cc1-n1cccn1. The molecule has 0 aliphatic rings. The van der Waals surface area contributed by atoms with Crippen LogP contribution in [0.1, 0.15) is 0 Å². The Balaban J connectivity index is 2.57. The van der Waals surface area contributed by atoms with Gasteiger partial charge >= 0.3 is 0 Å². The molecule has 0 amide bonds. The number of rotatable bonds is 1. The van der Waals surface area contributed by atoms with Gasteiger partial charge in [-0.3, -0.25) is 0 Å². The zero-order valence-corrected chi connectivity index (χ0v) is 8.96. The van der Waals surface area contributed by atoms with Gasteiger partial charge in [0.2, 0.25) is 0 Å². The maximum atomic E-state index is 6.01. The average Bonchev–Trinajstić information content (AvgIpc) is 2.61. The van der Waals surface area contributed by atoms with E-state index in [1.165, 1.54) is 0 Å². The molecule has 0 spiro atoms. The van der Waals surface area contributed by atoms with Gasteiger partial charge in [-0.2, -0.15) is 5.10 Å². The Morgan fingerprint density at radius 1 is 1.38 bits per heavy atom. The molecule has 0 aliphatic heterocycles. The molecule has 0 aliphatic carbocycles. The molecule has 1 aromatic carbocycles. The molecule has 1 aromatic heterocycles. The van der Waals surface area contributed by atoms with E-state index in [2.05, 4.69) is 21.0 Å². The Hall–Kier alpha value is -0.800. The Kier molecular flexibility index (Phi) is 2.38. The van der Waals surface area contributed by atoms with Crippen LogP contribution in [0.4, 0.5) is 0 Å². The van der Waals surface area contributed by atoms with Crippen molar-refractivity contribution < 1.29 is 0 Å². The van der Waals surface area contributed by atoms with Crippen molar-refractivity contribution in [2.24, 2.45) is 0 Å². The molecule has 0 N–H and O–H groups in total. The normalized spacial score (nSPS) is 10.3. The van der Waals surface area contributed by atoms with E-state index in [0.29, 0.717) is 5.02 Å². The fourth-order valence-corrected chi connectivity index (χ4v) is 1.63. The first-order valence-electron chi connectivity index (χ1n) is 3.72. The van der Waals surface area contributed by atoms with Crippen LogP contribution < -0.4 is 0 Å². The monoisotopic (exact) mass is 256 g/mol. The molecule has 4 heteroatoms. The van der Waals surface area contributed by atoms with Gasteiger partial charge in [-0.25, -0.2) is 4.68 Å². The number of hydrogen-bond acceptors (Lipinski definition) is 1. The number of aromatic nitrogens is 2. The van der Waals surface area contributed by atoms with Gasteiger partial charge in [-0.1, -0.05) is 27.5 Å². The molecular formula is C9H6BrClN2. The third-order valence-corrected chi connectivity index (χ3v) is 2.47. The third-order valence-electron chi connectivity index (χ3n) is 1.66. The lowest BCUT2D eigenvalue weighted by atomic mass is 10.3. The van der Waals surface area contributed by atoms with Crippen molar-refractivity contribution in [1.82, 2.24) is 9.78 Å². The van der Waals surface area contributed by atoms with Crippen LogP contribution in [0.25, 0.3) is 5.69 Å². The first kappa shape index (κ1) is 8.78. The summed E-state index contributed by atoms with van der Waals surface area (Å²) in [5.41, 5.74) is 0.876.